The van der Waals surface area contributed by atoms with E-state index in [1.807, 2.05) is 0 Å². The molecule has 1 heterocycles. The quantitative estimate of drug-likeness (QED) is 0.517. The maximum atomic E-state index is 3.94. The van der Waals surface area contributed by atoms with Crippen LogP contribution in [0.25, 0.3) is 0 Å². The van der Waals surface area contributed by atoms with E-state index in [0.29, 0.717) is 0 Å². The molecule has 0 atom stereocenters. The Morgan fingerprint density at radius 2 is 2.62 bits per heavy atom. The average Bonchev–Trinajstić information content (AvgIpc) is 2.19. The first-order chi connectivity index (χ1) is 3.93. The maximum absolute atomic E-state index is 3.94. The highest BCUT2D eigenvalue weighted by molar-refractivity contribution is 9.05. The van der Waals surface area contributed by atoms with Gasteiger partial charge < -0.3 is 4.98 Å². The van der Waals surface area contributed by atoms with E-state index < -0.39 is 0 Å². The van der Waals surface area contributed by atoms with Crippen molar-refractivity contribution >= 4 is 32.3 Å². The van der Waals surface area contributed by atoms with Crippen LogP contribution >= 0.6 is 32.3 Å². The van der Waals surface area contributed by atoms with Crippen LogP contribution in [0.3, 0.4) is 0 Å². The molecule has 0 bridgehead atoms. The fourth-order valence-electron chi connectivity index (χ4n) is 0.332. The molecular formula is C3H4N2S3. The predicted molar refractivity (Wildman–Crippen MR) is 41.0 cm³/mol. The molecule has 44 valence electrons. The van der Waals surface area contributed by atoms with Crippen LogP contribution in [0.5, 0.6) is 0 Å². The fourth-order valence-corrected chi connectivity index (χ4v) is 1.74. The minimum absolute atomic E-state index is 0.894. The monoisotopic (exact) mass is 164 g/mol. The Bertz CT molecular complexity index is 138. The number of H-pyrrole nitrogens is 1. The highest BCUT2D eigenvalue weighted by Gasteiger charge is 1.89. The van der Waals surface area contributed by atoms with Gasteiger partial charge in [0, 0.05) is 12.4 Å². The van der Waals surface area contributed by atoms with Crippen molar-refractivity contribution in [3.05, 3.63) is 12.4 Å². The van der Waals surface area contributed by atoms with Crippen LogP contribution in [0, 0.1) is 0 Å². The van der Waals surface area contributed by atoms with Crippen molar-refractivity contribution in [2.45, 2.75) is 5.16 Å². The normalized spacial score (nSPS) is 9.62. The highest BCUT2D eigenvalue weighted by Crippen LogP contribution is 2.30. The summed E-state index contributed by atoms with van der Waals surface area (Å²) in [6.07, 6.45) is 3.50. The summed E-state index contributed by atoms with van der Waals surface area (Å²) in [5.41, 5.74) is 0. The van der Waals surface area contributed by atoms with Crippen LogP contribution in [-0.4, -0.2) is 9.97 Å². The molecule has 0 amide bonds. The van der Waals surface area contributed by atoms with Crippen LogP contribution in [0.1, 0.15) is 0 Å². The van der Waals surface area contributed by atoms with Crippen LogP contribution < -0.4 is 0 Å². The number of aromatic amines is 1. The lowest BCUT2D eigenvalue weighted by molar-refractivity contribution is 1.07. The molecule has 1 aromatic heterocycles. The van der Waals surface area contributed by atoms with Gasteiger partial charge in [0.2, 0.25) is 0 Å². The molecule has 0 saturated carbocycles. The van der Waals surface area contributed by atoms with Gasteiger partial charge in [0.15, 0.2) is 5.16 Å². The lowest BCUT2D eigenvalue weighted by atomic mass is 11.0. The summed E-state index contributed by atoms with van der Waals surface area (Å²) in [5.74, 6) is 0. The van der Waals surface area contributed by atoms with E-state index in [2.05, 4.69) is 21.6 Å². The Hall–Kier alpha value is 0.260. The Morgan fingerprint density at radius 3 is 3.12 bits per heavy atom. The Morgan fingerprint density at radius 1 is 1.75 bits per heavy atom. The van der Waals surface area contributed by atoms with Gasteiger partial charge in [0.05, 0.1) is 0 Å². The van der Waals surface area contributed by atoms with Crippen LogP contribution in [0.15, 0.2) is 17.6 Å². The molecule has 5 heteroatoms. The molecule has 0 aliphatic heterocycles. The average molecular weight is 164 g/mol. The molecule has 0 fully saturated rings. The van der Waals surface area contributed by atoms with Gasteiger partial charge in [0.25, 0.3) is 0 Å². The first kappa shape index (κ1) is 6.38. The zero-order chi connectivity index (χ0) is 5.82. The van der Waals surface area contributed by atoms with E-state index in [0.717, 1.165) is 5.16 Å². The number of rotatable bonds is 2. The number of hydrogen-bond acceptors (Lipinski definition) is 4. The largest absolute Gasteiger partial charge is 0.339 e. The molecule has 0 saturated heterocycles. The number of aromatic nitrogens is 2. The minimum Gasteiger partial charge on any atom is -0.339 e. The van der Waals surface area contributed by atoms with Crippen molar-refractivity contribution in [1.29, 1.82) is 0 Å². The van der Waals surface area contributed by atoms with Gasteiger partial charge in [-0.3, -0.25) is 0 Å². The van der Waals surface area contributed by atoms with Crippen molar-refractivity contribution in [2.75, 3.05) is 0 Å². The molecule has 0 unspecified atom stereocenters. The van der Waals surface area contributed by atoms with Crippen molar-refractivity contribution in [1.82, 2.24) is 9.97 Å². The Balaban J connectivity index is 2.50. The number of hydrogen-bond donors (Lipinski definition) is 2. The standard InChI is InChI=1S/C3H4N2S3/c6-8-7-3-4-1-2-5-3/h1-2,6H,(H,4,5). The number of nitrogens with zero attached hydrogens (tertiary/aromatic N) is 1. The van der Waals surface area contributed by atoms with E-state index in [4.69, 9.17) is 0 Å². The van der Waals surface area contributed by atoms with E-state index in [-0.39, 0.29) is 0 Å². The molecule has 0 aliphatic rings. The summed E-state index contributed by atoms with van der Waals surface area (Å²) < 4.78 is 0. The minimum atomic E-state index is 0.894. The van der Waals surface area contributed by atoms with E-state index in [1.54, 1.807) is 12.4 Å². The zero-order valence-electron chi connectivity index (χ0n) is 3.87. The fraction of sp³-hybridized carbons (Fsp3) is 0. The van der Waals surface area contributed by atoms with Gasteiger partial charge in [0.1, 0.15) is 0 Å². The van der Waals surface area contributed by atoms with Gasteiger partial charge in [-0.25, -0.2) is 4.98 Å². The second-order valence-electron chi connectivity index (χ2n) is 1.05. The van der Waals surface area contributed by atoms with Gasteiger partial charge in [-0.15, -0.1) is 0 Å². The third-order valence-corrected chi connectivity index (χ3v) is 2.41. The Labute approximate surface area is 60.1 Å². The van der Waals surface area contributed by atoms with Gasteiger partial charge in [-0.2, -0.15) is 0 Å². The summed E-state index contributed by atoms with van der Waals surface area (Å²) >= 11 is 3.93. The number of nitrogens with one attached hydrogen (secondary N) is 1. The maximum Gasteiger partial charge on any atom is 0.176 e. The summed E-state index contributed by atoms with van der Waals surface area (Å²) in [4.78, 5) is 6.86. The second-order valence-corrected chi connectivity index (χ2v) is 4.04. The van der Waals surface area contributed by atoms with Gasteiger partial charge >= 0.3 is 0 Å². The Kier molecular flexibility index (Phi) is 2.65. The summed E-state index contributed by atoms with van der Waals surface area (Å²) in [7, 11) is 2.87. The highest BCUT2D eigenvalue weighted by atomic mass is 33.5. The van der Waals surface area contributed by atoms with Crippen LogP contribution in [0.4, 0.5) is 0 Å². The van der Waals surface area contributed by atoms with Crippen molar-refractivity contribution in [2.24, 2.45) is 0 Å². The first-order valence-electron chi connectivity index (χ1n) is 1.91. The van der Waals surface area contributed by atoms with E-state index >= 15 is 0 Å². The second kappa shape index (κ2) is 3.32. The molecular weight excluding hydrogens is 160 g/mol. The molecule has 1 N–H and O–H groups in total. The molecule has 2 nitrogen and oxygen atoms in total. The van der Waals surface area contributed by atoms with E-state index in [1.165, 1.54) is 20.6 Å². The van der Waals surface area contributed by atoms with Gasteiger partial charge in [-0.05, 0) is 20.6 Å². The van der Waals surface area contributed by atoms with Crippen molar-refractivity contribution in [3.63, 3.8) is 0 Å². The summed E-state index contributed by atoms with van der Waals surface area (Å²) in [6.45, 7) is 0. The summed E-state index contributed by atoms with van der Waals surface area (Å²) in [5, 5.41) is 0.894. The molecule has 0 spiro atoms. The molecule has 1 rings (SSSR count). The van der Waals surface area contributed by atoms with Crippen molar-refractivity contribution < 1.29 is 0 Å². The SMILES string of the molecule is SSSc1ncc[nH]1. The third-order valence-electron chi connectivity index (χ3n) is 0.589. The number of imidazole rings is 1. The lowest BCUT2D eigenvalue weighted by Gasteiger charge is -1.83. The molecule has 0 aromatic carbocycles. The van der Waals surface area contributed by atoms with E-state index in [9.17, 15) is 0 Å². The molecule has 0 radical (unpaired) electrons. The molecule has 1 aromatic rings. The summed E-state index contributed by atoms with van der Waals surface area (Å²) in [6, 6.07) is 0. The predicted octanol–water partition coefficient (Wildman–Crippen LogP) is 1.99. The third kappa shape index (κ3) is 1.65. The van der Waals surface area contributed by atoms with Crippen LogP contribution in [-0.2, 0) is 0 Å². The first-order valence-corrected chi connectivity index (χ1v) is 5.11. The van der Waals surface area contributed by atoms with Crippen molar-refractivity contribution in [3.8, 4) is 0 Å². The van der Waals surface area contributed by atoms with Gasteiger partial charge in [-0.1, -0.05) is 11.7 Å². The smallest absolute Gasteiger partial charge is 0.176 e. The topological polar surface area (TPSA) is 28.7 Å². The van der Waals surface area contributed by atoms with Crippen LogP contribution in [0.2, 0.25) is 0 Å². The molecule has 8 heavy (non-hydrogen) atoms. The zero-order valence-corrected chi connectivity index (χ0v) is 6.39. The molecule has 0 aliphatic carbocycles. The number of thiol groups is 1. The lowest BCUT2D eigenvalue weighted by Crippen LogP contribution is -1.64.